The second-order valence-electron chi connectivity index (χ2n) is 6.76. The van der Waals surface area contributed by atoms with Gasteiger partial charge in [-0.2, -0.15) is 0 Å². The molecule has 1 amide bonds. The van der Waals surface area contributed by atoms with Crippen molar-refractivity contribution in [3.8, 4) is 0 Å². The van der Waals surface area contributed by atoms with Gasteiger partial charge in [-0.15, -0.1) is 0 Å². The van der Waals surface area contributed by atoms with Gasteiger partial charge < -0.3 is 10.4 Å². The summed E-state index contributed by atoms with van der Waals surface area (Å²) in [6.07, 6.45) is 6.36. The number of aliphatic hydroxyl groups excluding tert-OH is 1. The number of aromatic nitrogens is 3. The van der Waals surface area contributed by atoms with Gasteiger partial charge in [-0.05, 0) is 41.5 Å². The Morgan fingerprint density at radius 1 is 1.06 bits per heavy atom. The molecule has 31 heavy (non-hydrogen) atoms. The van der Waals surface area contributed by atoms with E-state index < -0.39 is 9.84 Å². The van der Waals surface area contributed by atoms with E-state index in [0.29, 0.717) is 16.9 Å². The molecule has 158 valence electrons. The van der Waals surface area contributed by atoms with Crippen LogP contribution in [0, 0.1) is 0 Å². The minimum atomic E-state index is -3.80. The summed E-state index contributed by atoms with van der Waals surface area (Å²) in [5.41, 5.74) is 1.52. The van der Waals surface area contributed by atoms with Gasteiger partial charge in [0.2, 0.25) is 15.6 Å². The molecule has 0 spiro atoms. The van der Waals surface area contributed by atoms with Gasteiger partial charge in [-0.25, -0.2) is 18.4 Å². The van der Waals surface area contributed by atoms with Crippen LogP contribution < -0.4 is 5.32 Å². The van der Waals surface area contributed by atoms with Crippen LogP contribution in [0.1, 0.15) is 21.5 Å². The first kappa shape index (κ1) is 21.0. The van der Waals surface area contributed by atoms with Gasteiger partial charge in [0.25, 0.3) is 5.91 Å². The number of rotatable bonds is 6. The number of carbonyl (C=O) groups excluding carboxylic acids is 1. The van der Waals surface area contributed by atoms with Crippen molar-refractivity contribution in [3.63, 3.8) is 0 Å². The third kappa shape index (κ3) is 4.43. The van der Waals surface area contributed by atoms with Crippen LogP contribution in [0.15, 0.2) is 77.0 Å². The van der Waals surface area contributed by atoms with Gasteiger partial charge in [-0.1, -0.05) is 23.7 Å². The lowest BCUT2D eigenvalue weighted by atomic mass is 10.2. The highest BCUT2D eigenvalue weighted by molar-refractivity contribution is 7.91. The molecule has 0 saturated heterocycles. The van der Waals surface area contributed by atoms with Crippen molar-refractivity contribution in [3.05, 3.63) is 89.0 Å². The van der Waals surface area contributed by atoms with Crippen molar-refractivity contribution in [2.45, 2.75) is 22.9 Å². The minimum Gasteiger partial charge on any atom is -0.392 e. The first-order chi connectivity index (χ1) is 14.9. The Hall–Kier alpha value is -3.27. The first-order valence-electron chi connectivity index (χ1n) is 9.18. The van der Waals surface area contributed by atoms with Crippen LogP contribution in [0.4, 0.5) is 0 Å². The molecule has 0 aliphatic carbocycles. The van der Waals surface area contributed by atoms with E-state index in [1.807, 2.05) is 0 Å². The van der Waals surface area contributed by atoms with E-state index in [1.165, 1.54) is 36.5 Å². The van der Waals surface area contributed by atoms with Crippen LogP contribution >= 0.6 is 11.6 Å². The lowest BCUT2D eigenvalue weighted by Gasteiger charge is -2.09. The second-order valence-corrected chi connectivity index (χ2v) is 9.15. The van der Waals surface area contributed by atoms with Crippen LogP contribution in [-0.4, -0.2) is 33.8 Å². The summed E-state index contributed by atoms with van der Waals surface area (Å²) >= 11 is 5.97. The van der Waals surface area contributed by atoms with E-state index >= 15 is 0 Å². The van der Waals surface area contributed by atoms with Crippen molar-refractivity contribution in [2.75, 3.05) is 0 Å². The maximum atomic E-state index is 12.9. The monoisotopic (exact) mass is 456 g/mol. The van der Waals surface area contributed by atoms with Crippen molar-refractivity contribution >= 4 is 33.1 Å². The Bertz CT molecular complexity index is 1370. The molecule has 2 N–H and O–H groups in total. The summed E-state index contributed by atoms with van der Waals surface area (Å²) in [6, 6.07) is 10.4. The molecule has 4 rings (SSSR count). The number of hydrogen-bond acceptors (Lipinski definition) is 6. The fraction of sp³-hybridized carbons (Fsp3) is 0.0952. The zero-order valence-electron chi connectivity index (χ0n) is 16.1. The number of fused-ring (bicyclic) bond motifs is 1. The number of carbonyl (C=O) groups is 1. The van der Waals surface area contributed by atoms with Crippen LogP contribution in [0.25, 0.3) is 5.78 Å². The van der Waals surface area contributed by atoms with Gasteiger partial charge in [-0.3, -0.25) is 9.20 Å². The maximum Gasteiger partial charge on any atom is 0.254 e. The second kappa shape index (κ2) is 8.46. The van der Waals surface area contributed by atoms with Gasteiger partial charge in [0.15, 0.2) is 0 Å². The maximum absolute atomic E-state index is 12.9. The Labute approximate surface area is 183 Å². The molecule has 0 bridgehead atoms. The number of hydrogen-bond donors (Lipinski definition) is 2. The van der Waals surface area contributed by atoms with Crippen LogP contribution in [0.5, 0.6) is 0 Å². The van der Waals surface area contributed by atoms with Gasteiger partial charge >= 0.3 is 0 Å². The van der Waals surface area contributed by atoms with E-state index in [4.69, 9.17) is 11.6 Å². The summed E-state index contributed by atoms with van der Waals surface area (Å²) < 4.78 is 27.4. The highest BCUT2D eigenvalue weighted by Gasteiger charge is 2.19. The predicted octanol–water partition coefficient (Wildman–Crippen LogP) is 2.64. The van der Waals surface area contributed by atoms with E-state index in [0.717, 1.165) is 5.56 Å². The lowest BCUT2D eigenvalue weighted by Crippen LogP contribution is -2.23. The molecule has 0 fully saturated rings. The molecular weight excluding hydrogens is 440 g/mol. The lowest BCUT2D eigenvalue weighted by molar-refractivity contribution is 0.0950. The van der Waals surface area contributed by atoms with Gasteiger partial charge in [0, 0.05) is 36.4 Å². The standard InChI is InChI=1S/C21H17ClN4O4S/c22-17-7-15(13-27)8-19(9-17)31(29,30)18-3-1-14(2-4-18)10-24-20(28)16-11-25-21-23-5-6-26(21)12-16/h1-9,11-12,27H,10,13H2,(H,24,28). The Morgan fingerprint density at radius 3 is 2.58 bits per heavy atom. The zero-order chi connectivity index (χ0) is 22.0. The first-order valence-corrected chi connectivity index (χ1v) is 11.0. The number of amides is 1. The fourth-order valence-electron chi connectivity index (χ4n) is 3.01. The molecule has 2 aromatic carbocycles. The van der Waals surface area contributed by atoms with Crippen LogP contribution in [0.3, 0.4) is 0 Å². The molecule has 10 heteroatoms. The number of aliphatic hydroxyl groups is 1. The molecule has 0 radical (unpaired) electrons. The Kier molecular flexibility index (Phi) is 5.73. The topological polar surface area (TPSA) is 114 Å². The average molecular weight is 457 g/mol. The smallest absolute Gasteiger partial charge is 0.254 e. The Morgan fingerprint density at radius 2 is 1.84 bits per heavy atom. The van der Waals surface area contributed by atoms with Gasteiger partial charge in [0.05, 0.1) is 22.0 Å². The summed E-state index contributed by atoms with van der Waals surface area (Å²) in [6.45, 7) is -0.0992. The zero-order valence-corrected chi connectivity index (χ0v) is 17.6. The molecule has 0 unspecified atom stereocenters. The predicted molar refractivity (Wildman–Crippen MR) is 113 cm³/mol. The molecule has 2 aromatic heterocycles. The summed E-state index contributed by atoms with van der Waals surface area (Å²) in [7, 11) is -3.80. The molecule has 4 aromatic rings. The van der Waals surface area contributed by atoms with Crippen LogP contribution in [-0.2, 0) is 23.0 Å². The number of halogens is 1. The largest absolute Gasteiger partial charge is 0.392 e. The summed E-state index contributed by atoms with van der Waals surface area (Å²) in [5, 5.41) is 12.3. The normalized spacial score (nSPS) is 11.5. The van der Waals surface area contributed by atoms with Gasteiger partial charge in [0.1, 0.15) is 0 Å². The number of nitrogens with one attached hydrogen (secondary N) is 1. The number of sulfone groups is 1. The third-order valence-corrected chi connectivity index (χ3v) is 6.59. The van der Waals surface area contributed by atoms with Crippen molar-refractivity contribution < 1.29 is 18.3 Å². The molecule has 0 atom stereocenters. The Balaban J connectivity index is 1.47. The molecule has 8 nitrogen and oxygen atoms in total. The van der Waals surface area contributed by atoms with Crippen molar-refractivity contribution in [1.82, 2.24) is 19.7 Å². The quantitative estimate of drug-likeness (QED) is 0.461. The minimum absolute atomic E-state index is 0.00694. The third-order valence-electron chi connectivity index (χ3n) is 4.62. The average Bonchev–Trinajstić information content (AvgIpc) is 3.25. The van der Waals surface area contributed by atoms with Crippen molar-refractivity contribution in [2.24, 2.45) is 0 Å². The molecule has 0 aliphatic heterocycles. The van der Waals surface area contributed by atoms with Crippen molar-refractivity contribution in [1.29, 1.82) is 0 Å². The van der Waals surface area contributed by atoms with E-state index in [9.17, 15) is 18.3 Å². The molecule has 0 aliphatic rings. The molecular formula is C21H17ClN4O4S. The molecule has 0 saturated carbocycles. The van der Waals surface area contributed by atoms with E-state index in [2.05, 4.69) is 15.3 Å². The number of benzene rings is 2. The van der Waals surface area contributed by atoms with Crippen LogP contribution in [0.2, 0.25) is 5.02 Å². The van der Waals surface area contributed by atoms with E-state index in [1.54, 1.807) is 35.1 Å². The number of nitrogens with zero attached hydrogens (tertiary/aromatic N) is 3. The number of imidazole rings is 1. The highest BCUT2D eigenvalue weighted by atomic mass is 35.5. The summed E-state index contributed by atoms with van der Waals surface area (Å²) in [5.74, 6) is 0.189. The SMILES string of the molecule is O=C(NCc1ccc(S(=O)(=O)c2cc(Cl)cc(CO)c2)cc1)c1cnc2nccn2c1. The fourth-order valence-corrected chi connectivity index (χ4v) is 4.69. The highest BCUT2D eigenvalue weighted by Crippen LogP contribution is 2.25. The molecule has 2 heterocycles. The summed E-state index contributed by atoms with van der Waals surface area (Å²) in [4.78, 5) is 20.6. The van der Waals surface area contributed by atoms with E-state index in [-0.39, 0.29) is 33.9 Å².